The van der Waals surface area contributed by atoms with Crippen LogP contribution in [0.2, 0.25) is 0 Å². The van der Waals surface area contributed by atoms with Gasteiger partial charge in [-0.05, 0) is 161 Å². The van der Waals surface area contributed by atoms with Gasteiger partial charge in [0.05, 0.1) is 5.41 Å². The lowest BCUT2D eigenvalue weighted by Crippen LogP contribution is -2.26. The van der Waals surface area contributed by atoms with Gasteiger partial charge in [0.1, 0.15) is 0 Å². The van der Waals surface area contributed by atoms with Gasteiger partial charge in [-0.25, -0.2) is 0 Å². The van der Waals surface area contributed by atoms with E-state index < -0.39 is 5.41 Å². The molecule has 1 unspecified atom stereocenters. The number of fused-ring (bicyclic) bond motifs is 12. The SMILES string of the molecule is c1ccc(-c2ccc(N(c3ccccc3)c3ccc(-c4ccc(-c5ccc(N(c6ccccc6)c6ccc7c(c6)C6(c8ccccc8-7)c7ccccc7-c7c6ccc6ccccc76)cc5)cc4)cc3)cc2)cc1. The van der Waals surface area contributed by atoms with Crippen LogP contribution in [-0.2, 0) is 5.41 Å². The quantitative estimate of drug-likeness (QED) is 0.142. The number of rotatable bonds is 9. The number of hydrogen-bond acceptors (Lipinski definition) is 2. The summed E-state index contributed by atoms with van der Waals surface area (Å²) in [5, 5.41) is 2.57. The van der Waals surface area contributed by atoms with Crippen LogP contribution >= 0.6 is 0 Å². The highest BCUT2D eigenvalue weighted by atomic mass is 15.1. The number of para-hydroxylation sites is 2. The molecule has 12 aromatic rings. The summed E-state index contributed by atoms with van der Waals surface area (Å²) >= 11 is 0. The maximum atomic E-state index is 2.48. The van der Waals surface area contributed by atoms with Crippen molar-refractivity contribution in [2.45, 2.75) is 5.41 Å². The molecule has 0 radical (unpaired) electrons. The molecule has 0 aliphatic heterocycles. The molecule has 14 rings (SSSR count). The molecule has 12 aromatic carbocycles. The van der Waals surface area contributed by atoms with Gasteiger partial charge in [-0.15, -0.1) is 0 Å². The Kier molecular flexibility index (Phi) is 10.1. The maximum Gasteiger partial charge on any atom is 0.0726 e. The van der Waals surface area contributed by atoms with Crippen molar-refractivity contribution in [1.29, 1.82) is 0 Å². The molecule has 1 atom stereocenters. The lowest BCUT2D eigenvalue weighted by molar-refractivity contribution is 0.794. The molecule has 0 N–H and O–H groups in total. The molecular formula is C71H48N2. The van der Waals surface area contributed by atoms with E-state index in [1.54, 1.807) is 0 Å². The molecular weight excluding hydrogens is 881 g/mol. The maximum absolute atomic E-state index is 2.48. The topological polar surface area (TPSA) is 6.48 Å². The standard InChI is InChI=1S/C71H48N2/c1-4-16-49(17-5-1)52-32-39-58(40-33-52)72(56-19-6-2-7-20-56)59-41-34-53(35-42-59)50-28-30-51(31-29-50)54-36-43-60(44-37-54)73(57-21-8-3-9-22-57)61-45-46-64-63-24-12-14-26-66(63)71(69(64)48-61)67-27-15-13-25-65(67)70-62-23-11-10-18-55(62)38-47-68(70)71/h1-48H. The predicted octanol–water partition coefficient (Wildman–Crippen LogP) is 19.1. The van der Waals surface area contributed by atoms with Gasteiger partial charge in [0.25, 0.3) is 0 Å². The third-order valence-electron chi connectivity index (χ3n) is 15.3. The minimum atomic E-state index is -0.462. The van der Waals surface area contributed by atoms with Crippen molar-refractivity contribution in [2.75, 3.05) is 9.80 Å². The van der Waals surface area contributed by atoms with Gasteiger partial charge >= 0.3 is 0 Å². The molecule has 0 saturated heterocycles. The molecule has 342 valence electrons. The van der Waals surface area contributed by atoms with Crippen LogP contribution in [-0.4, -0.2) is 0 Å². The van der Waals surface area contributed by atoms with Crippen LogP contribution in [0.3, 0.4) is 0 Å². The van der Waals surface area contributed by atoms with E-state index in [1.807, 2.05) is 0 Å². The van der Waals surface area contributed by atoms with Crippen LogP contribution in [0, 0.1) is 0 Å². The van der Waals surface area contributed by atoms with Crippen LogP contribution < -0.4 is 9.80 Å². The highest BCUT2D eigenvalue weighted by molar-refractivity contribution is 6.06. The molecule has 2 heteroatoms. The van der Waals surface area contributed by atoms with E-state index in [-0.39, 0.29) is 0 Å². The molecule has 0 saturated carbocycles. The van der Waals surface area contributed by atoms with E-state index in [9.17, 15) is 0 Å². The highest BCUT2D eigenvalue weighted by Crippen LogP contribution is 2.64. The summed E-state index contributed by atoms with van der Waals surface area (Å²) in [6.07, 6.45) is 0. The molecule has 0 fully saturated rings. The zero-order valence-corrected chi connectivity index (χ0v) is 40.1. The van der Waals surface area contributed by atoms with Crippen molar-refractivity contribution < 1.29 is 0 Å². The molecule has 1 spiro atoms. The molecule has 73 heavy (non-hydrogen) atoms. The monoisotopic (exact) mass is 928 g/mol. The fraction of sp³-hybridized carbons (Fsp3) is 0.0141. The minimum absolute atomic E-state index is 0.462. The van der Waals surface area contributed by atoms with E-state index in [4.69, 9.17) is 0 Å². The summed E-state index contributed by atoms with van der Waals surface area (Å²) < 4.78 is 0. The molecule has 0 aromatic heterocycles. The summed E-state index contributed by atoms with van der Waals surface area (Å²) in [5.41, 5.74) is 23.9. The second-order valence-corrected chi connectivity index (χ2v) is 19.2. The van der Waals surface area contributed by atoms with E-state index in [2.05, 4.69) is 301 Å². The van der Waals surface area contributed by atoms with Crippen LogP contribution in [0.15, 0.2) is 291 Å². The van der Waals surface area contributed by atoms with E-state index in [1.165, 1.54) is 88.7 Å². The third-order valence-corrected chi connectivity index (χ3v) is 15.3. The van der Waals surface area contributed by atoms with E-state index in [0.717, 1.165) is 34.1 Å². The van der Waals surface area contributed by atoms with Crippen LogP contribution in [0.25, 0.3) is 66.4 Å². The molecule has 0 heterocycles. The lowest BCUT2D eigenvalue weighted by Gasteiger charge is -2.32. The molecule has 2 nitrogen and oxygen atoms in total. The van der Waals surface area contributed by atoms with Crippen molar-refractivity contribution in [3.05, 3.63) is 313 Å². The van der Waals surface area contributed by atoms with Crippen molar-refractivity contribution in [1.82, 2.24) is 0 Å². The average molecular weight is 929 g/mol. The summed E-state index contributed by atoms with van der Waals surface area (Å²) in [6.45, 7) is 0. The lowest BCUT2D eigenvalue weighted by atomic mass is 9.70. The Morgan fingerprint density at radius 2 is 0.589 bits per heavy atom. The number of hydrogen-bond donors (Lipinski definition) is 0. The van der Waals surface area contributed by atoms with Crippen molar-refractivity contribution in [2.24, 2.45) is 0 Å². The summed E-state index contributed by atoms with van der Waals surface area (Å²) in [5.74, 6) is 0. The first-order valence-corrected chi connectivity index (χ1v) is 25.2. The van der Waals surface area contributed by atoms with E-state index in [0.29, 0.717) is 0 Å². The van der Waals surface area contributed by atoms with Crippen LogP contribution in [0.5, 0.6) is 0 Å². The first-order chi connectivity index (χ1) is 36.2. The highest BCUT2D eigenvalue weighted by Gasteiger charge is 2.52. The fourth-order valence-corrected chi connectivity index (χ4v) is 12.0. The summed E-state index contributed by atoms with van der Waals surface area (Å²) in [7, 11) is 0. The summed E-state index contributed by atoms with van der Waals surface area (Å²) in [6, 6.07) is 107. The van der Waals surface area contributed by atoms with Gasteiger partial charge in [-0.2, -0.15) is 0 Å². The smallest absolute Gasteiger partial charge is 0.0726 e. The molecule has 0 bridgehead atoms. The molecule has 2 aliphatic rings. The van der Waals surface area contributed by atoms with Crippen LogP contribution in [0.4, 0.5) is 34.1 Å². The third kappa shape index (κ3) is 6.94. The zero-order chi connectivity index (χ0) is 48.3. The predicted molar refractivity (Wildman–Crippen MR) is 306 cm³/mol. The first-order valence-electron chi connectivity index (χ1n) is 25.2. The van der Waals surface area contributed by atoms with Gasteiger partial charge in [0, 0.05) is 34.1 Å². The Morgan fingerprint density at radius 3 is 1.14 bits per heavy atom. The Bertz CT molecular complexity index is 3980. The Labute approximate surface area is 427 Å². The molecule has 2 aliphatic carbocycles. The Balaban J connectivity index is 0.787. The second-order valence-electron chi connectivity index (χ2n) is 19.2. The molecule has 0 amide bonds. The Hall–Kier alpha value is -9.50. The normalized spacial score (nSPS) is 13.8. The number of nitrogens with zero attached hydrogens (tertiary/aromatic N) is 2. The van der Waals surface area contributed by atoms with Crippen molar-refractivity contribution in [3.8, 4) is 55.6 Å². The van der Waals surface area contributed by atoms with Gasteiger partial charge in [0.15, 0.2) is 0 Å². The largest absolute Gasteiger partial charge is 0.311 e. The Morgan fingerprint density at radius 1 is 0.219 bits per heavy atom. The van der Waals surface area contributed by atoms with Gasteiger partial charge in [-0.3, -0.25) is 0 Å². The van der Waals surface area contributed by atoms with Gasteiger partial charge in [-0.1, -0.05) is 218 Å². The average Bonchev–Trinajstić information content (AvgIpc) is 4.05. The minimum Gasteiger partial charge on any atom is -0.311 e. The van der Waals surface area contributed by atoms with E-state index >= 15 is 0 Å². The first kappa shape index (κ1) is 42.4. The van der Waals surface area contributed by atoms with Crippen molar-refractivity contribution in [3.63, 3.8) is 0 Å². The number of benzene rings is 12. The zero-order valence-electron chi connectivity index (χ0n) is 40.1. The van der Waals surface area contributed by atoms with Crippen molar-refractivity contribution >= 4 is 44.9 Å². The number of anilines is 6. The second kappa shape index (κ2) is 17.4. The van der Waals surface area contributed by atoms with Crippen LogP contribution in [0.1, 0.15) is 22.3 Å². The van der Waals surface area contributed by atoms with Gasteiger partial charge < -0.3 is 9.80 Å². The summed E-state index contributed by atoms with van der Waals surface area (Å²) in [4.78, 5) is 4.73. The van der Waals surface area contributed by atoms with Gasteiger partial charge in [0.2, 0.25) is 0 Å². The fourth-order valence-electron chi connectivity index (χ4n) is 12.0.